The minimum Gasteiger partial charge on any atom is -0.424 e. The molecule has 6 rings (SSSR count). The van der Waals surface area contributed by atoms with Crippen LogP contribution in [-0.2, 0) is 0 Å². The lowest BCUT2D eigenvalue weighted by Crippen LogP contribution is -2.52. The van der Waals surface area contributed by atoms with Crippen molar-refractivity contribution in [2.24, 2.45) is 5.92 Å². The summed E-state index contributed by atoms with van der Waals surface area (Å²) in [5, 5.41) is 11.8. The first-order chi connectivity index (χ1) is 15.6. The van der Waals surface area contributed by atoms with Crippen LogP contribution in [0, 0.1) is 12.8 Å². The number of carbonyl (C=O) groups excluding carboxylic acids is 1. The quantitative estimate of drug-likeness (QED) is 0.520. The molecule has 1 aliphatic carbocycles. The first-order valence-corrected chi connectivity index (χ1v) is 10.9. The van der Waals surface area contributed by atoms with Gasteiger partial charge in [0.05, 0.1) is 17.9 Å². The van der Waals surface area contributed by atoms with Crippen molar-refractivity contribution >= 4 is 23.0 Å². The summed E-state index contributed by atoms with van der Waals surface area (Å²) in [4.78, 5) is 26.4. The van der Waals surface area contributed by atoms with E-state index >= 15 is 0 Å². The van der Waals surface area contributed by atoms with E-state index in [0.717, 1.165) is 42.6 Å². The Morgan fingerprint density at radius 1 is 1.19 bits per heavy atom. The van der Waals surface area contributed by atoms with Crippen molar-refractivity contribution in [1.82, 2.24) is 29.9 Å². The molecule has 0 spiro atoms. The molecule has 1 amide bonds. The molecule has 2 aliphatic rings. The van der Waals surface area contributed by atoms with Gasteiger partial charge in [-0.2, -0.15) is 15.2 Å². The number of piperidine rings is 1. The fourth-order valence-corrected chi connectivity index (χ4v) is 5.15. The summed E-state index contributed by atoms with van der Waals surface area (Å²) >= 11 is 0. The van der Waals surface area contributed by atoms with Gasteiger partial charge < -0.3 is 14.6 Å². The van der Waals surface area contributed by atoms with Crippen LogP contribution in [0.5, 0.6) is 0 Å². The monoisotopic (exact) mass is 429 g/mol. The van der Waals surface area contributed by atoms with Crippen LogP contribution in [-0.4, -0.2) is 54.4 Å². The first kappa shape index (κ1) is 19.0. The van der Waals surface area contributed by atoms with Gasteiger partial charge in [-0.1, -0.05) is 12.1 Å². The van der Waals surface area contributed by atoms with Gasteiger partial charge in [0, 0.05) is 18.8 Å². The third-order valence-corrected chi connectivity index (χ3v) is 6.66. The van der Waals surface area contributed by atoms with Crippen LogP contribution in [0.2, 0.25) is 0 Å². The lowest BCUT2D eigenvalue weighted by molar-refractivity contribution is 0.0559. The Morgan fingerprint density at radius 2 is 2.03 bits per heavy atom. The Labute approximate surface area is 184 Å². The lowest BCUT2D eigenvalue weighted by atomic mass is 9.96. The Balaban J connectivity index is 1.30. The minimum atomic E-state index is -0.289. The Hall–Kier alpha value is -3.75. The number of pyridine rings is 1. The molecule has 1 aromatic carbocycles. The number of aromatic nitrogens is 5. The fraction of sp³-hybridized carbons (Fsp3) is 0.348. The molecule has 2 unspecified atom stereocenters. The van der Waals surface area contributed by atoms with Crippen molar-refractivity contribution in [2.75, 3.05) is 18.4 Å². The van der Waals surface area contributed by atoms with Crippen LogP contribution < -0.4 is 5.32 Å². The molecule has 9 heteroatoms. The second-order valence-corrected chi connectivity index (χ2v) is 8.73. The number of hydrogen-bond donors (Lipinski definition) is 1. The van der Waals surface area contributed by atoms with E-state index < -0.39 is 0 Å². The molecule has 4 heterocycles. The van der Waals surface area contributed by atoms with Crippen LogP contribution in [0.15, 0.2) is 53.2 Å². The number of hydrogen-bond acceptors (Lipinski definition) is 7. The van der Waals surface area contributed by atoms with E-state index in [9.17, 15) is 4.79 Å². The summed E-state index contributed by atoms with van der Waals surface area (Å²) < 4.78 is 5.84. The molecule has 2 fully saturated rings. The molecule has 1 N–H and O–H groups in total. The number of nitrogens with one attached hydrogen (secondary N) is 1. The lowest BCUT2D eigenvalue weighted by Gasteiger charge is -2.39. The molecule has 162 valence electrons. The Kier molecular flexibility index (Phi) is 4.24. The van der Waals surface area contributed by atoms with Crippen LogP contribution in [0.25, 0.3) is 16.8 Å². The highest BCUT2D eigenvalue weighted by molar-refractivity contribution is 5.96. The molecule has 1 saturated carbocycles. The second-order valence-electron chi connectivity index (χ2n) is 8.73. The van der Waals surface area contributed by atoms with Gasteiger partial charge in [0.1, 0.15) is 11.2 Å². The standard InChI is InChI=1S/C23H23N7O2/c1-15-6-7-18(30-25-10-11-26-30)20(27-15)21(31)29-13-16-8-9-23(29,12-16)14-24-22-28-17-4-2-3-5-19(17)32-22/h2-7,10-11,16H,8-9,12-14H2,1H3,(H,24,28). The van der Waals surface area contributed by atoms with Crippen LogP contribution in [0.1, 0.15) is 35.4 Å². The maximum absolute atomic E-state index is 13.8. The summed E-state index contributed by atoms with van der Waals surface area (Å²) in [5.74, 6) is 0.419. The predicted molar refractivity (Wildman–Crippen MR) is 117 cm³/mol. The molecule has 1 aliphatic heterocycles. The summed E-state index contributed by atoms with van der Waals surface area (Å²) in [6.07, 6.45) is 6.22. The molecular formula is C23H23N7O2. The first-order valence-electron chi connectivity index (χ1n) is 10.9. The van der Waals surface area contributed by atoms with E-state index in [1.807, 2.05) is 48.2 Å². The SMILES string of the molecule is Cc1ccc(-n2nccn2)c(C(=O)N2CC3CCC2(CNc2nc4ccccc4o2)C3)n1. The van der Waals surface area contributed by atoms with Crippen molar-refractivity contribution in [2.45, 2.75) is 31.7 Å². The van der Waals surface area contributed by atoms with Gasteiger partial charge in [-0.25, -0.2) is 4.98 Å². The van der Waals surface area contributed by atoms with E-state index in [4.69, 9.17) is 4.42 Å². The highest BCUT2D eigenvalue weighted by Crippen LogP contribution is 2.47. The molecule has 2 bridgehead atoms. The van der Waals surface area contributed by atoms with Crippen LogP contribution in [0.4, 0.5) is 6.01 Å². The van der Waals surface area contributed by atoms with Gasteiger partial charge in [0.25, 0.3) is 11.9 Å². The van der Waals surface area contributed by atoms with Gasteiger partial charge in [0.2, 0.25) is 0 Å². The average molecular weight is 429 g/mol. The predicted octanol–water partition coefficient (Wildman–Crippen LogP) is 3.22. The molecule has 9 nitrogen and oxygen atoms in total. The Morgan fingerprint density at radius 3 is 2.84 bits per heavy atom. The van der Waals surface area contributed by atoms with Crippen molar-refractivity contribution in [1.29, 1.82) is 0 Å². The summed E-state index contributed by atoms with van der Waals surface area (Å²) in [6, 6.07) is 11.9. The number of nitrogens with zero attached hydrogens (tertiary/aromatic N) is 6. The molecule has 3 aromatic heterocycles. The normalized spacial score (nSPS) is 22.0. The zero-order valence-corrected chi connectivity index (χ0v) is 17.7. The summed E-state index contributed by atoms with van der Waals surface area (Å²) in [7, 11) is 0. The number of rotatable bonds is 5. The van der Waals surface area contributed by atoms with Crippen molar-refractivity contribution in [3.63, 3.8) is 0 Å². The van der Waals surface area contributed by atoms with Crippen LogP contribution >= 0.6 is 0 Å². The number of likely N-dealkylation sites (tertiary alicyclic amines) is 1. The molecule has 4 aromatic rings. The topological polar surface area (TPSA) is 102 Å². The third kappa shape index (κ3) is 3.04. The largest absolute Gasteiger partial charge is 0.424 e. The number of anilines is 1. The average Bonchev–Trinajstić information content (AvgIpc) is 3.60. The highest BCUT2D eigenvalue weighted by Gasteiger charge is 2.53. The smallest absolute Gasteiger partial charge is 0.295 e. The van der Waals surface area contributed by atoms with Gasteiger partial charge in [-0.05, 0) is 56.4 Å². The Bertz CT molecular complexity index is 1270. The summed E-state index contributed by atoms with van der Waals surface area (Å²) in [5.41, 5.74) is 3.04. The van der Waals surface area contributed by atoms with E-state index in [1.165, 1.54) is 4.80 Å². The molecule has 32 heavy (non-hydrogen) atoms. The van der Waals surface area contributed by atoms with E-state index in [0.29, 0.717) is 29.9 Å². The van der Waals surface area contributed by atoms with Crippen LogP contribution in [0.3, 0.4) is 0 Å². The molecule has 1 saturated heterocycles. The van der Waals surface area contributed by atoms with Crippen molar-refractivity contribution in [3.8, 4) is 5.69 Å². The number of carbonyl (C=O) groups is 1. The minimum absolute atomic E-state index is 0.0810. The van der Waals surface area contributed by atoms with E-state index in [2.05, 4.69) is 25.5 Å². The van der Waals surface area contributed by atoms with E-state index in [1.54, 1.807) is 12.4 Å². The summed E-state index contributed by atoms with van der Waals surface area (Å²) in [6.45, 7) is 3.21. The fourth-order valence-electron chi connectivity index (χ4n) is 5.15. The van der Waals surface area contributed by atoms with Crippen molar-refractivity contribution < 1.29 is 9.21 Å². The molecule has 0 radical (unpaired) electrons. The van der Waals surface area contributed by atoms with Gasteiger partial charge in [0.15, 0.2) is 11.3 Å². The third-order valence-electron chi connectivity index (χ3n) is 6.66. The number of aryl methyl sites for hydroxylation is 1. The zero-order chi connectivity index (χ0) is 21.7. The molecular weight excluding hydrogens is 406 g/mol. The number of oxazole rings is 1. The van der Waals surface area contributed by atoms with Crippen molar-refractivity contribution in [3.05, 3.63) is 60.2 Å². The highest BCUT2D eigenvalue weighted by atomic mass is 16.4. The maximum Gasteiger partial charge on any atom is 0.295 e. The van der Waals surface area contributed by atoms with Gasteiger partial charge >= 0.3 is 0 Å². The number of fused-ring (bicyclic) bond motifs is 3. The number of para-hydroxylation sites is 2. The maximum atomic E-state index is 13.8. The second kappa shape index (κ2) is 7.15. The van der Waals surface area contributed by atoms with E-state index in [-0.39, 0.29) is 11.4 Å². The number of benzene rings is 1. The van der Waals surface area contributed by atoms with Gasteiger partial charge in [-0.3, -0.25) is 4.79 Å². The zero-order valence-electron chi connectivity index (χ0n) is 17.7. The van der Waals surface area contributed by atoms with Gasteiger partial charge in [-0.15, -0.1) is 4.80 Å². The number of amides is 1. The molecule has 2 atom stereocenters.